The lowest BCUT2D eigenvalue weighted by atomic mass is 10.0. The lowest BCUT2D eigenvalue weighted by molar-refractivity contribution is -0.148. The molecule has 0 spiro atoms. The van der Waals surface area contributed by atoms with Crippen molar-refractivity contribution in [3.8, 4) is 0 Å². The maximum atomic E-state index is 12.9. The molecule has 13 nitrogen and oxygen atoms in total. The third kappa shape index (κ3) is 5.38. The molecule has 2 aromatic rings. The van der Waals surface area contributed by atoms with Crippen LogP contribution >= 0.6 is 35.7 Å². The number of carbonyl (C=O) groups excluding carboxylic acids is 1. The minimum absolute atomic E-state index is 0.111. The summed E-state index contributed by atoms with van der Waals surface area (Å²) in [4.78, 5) is 30.6. The summed E-state index contributed by atoms with van der Waals surface area (Å²) in [5, 5.41) is 24.4. The molecule has 2 unspecified atom stereocenters. The van der Waals surface area contributed by atoms with E-state index in [1.807, 2.05) is 0 Å². The fraction of sp³-hybridized carbons (Fsp3) is 0.353. The molecule has 0 saturated carbocycles. The minimum Gasteiger partial charge on any atom is -0.477 e. The number of nitrogens with one attached hydrogen (secondary N) is 2. The summed E-state index contributed by atoms with van der Waals surface area (Å²) < 4.78 is 32.7. The number of thioether (sulfide) groups is 2. The van der Waals surface area contributed by atoms with Crippen LogP contribution in [0.3, 0.4) is 0 Å². The van der Waals surface area contributed by atoms with E-state index in [0.717, 1.165) is 22.2 Å². The third-order valence-electron chi connectivity index (χ3n) is 4.96. The first-order chi connectivity index (χ1) is 16.1. The van der Waals surface area contributed by atoms with E-state index < -0.39 is 44.4 Å². The smallest absolute Gasteiger partial charge is 0.352 e. The van der Waals surface area contributed by atoms with E-state index in [0.29, 0.717) is 11.4 Å². The Balaban J connectivity index is 1.56. The molecular formula is C17H17N7O6S4. The van der Waals surface area contributed by atoms with Gasteiger partial charge in [-0.15, -0.1) is 16.9 Å². The van der Waals surface area contributed by atoms with Crippen LogP contribution in [0.25, 0.3) is 0 Å². The Labute approximate surface area is 206 Å². The number of H-pyrrole nitrogens is 1. The number of aromatic amines is 1. The van der Waals surface area contributed by atoms with E-state index in [-0.39, 0.29) is 22.2 Å². The van der Waals surface area contributed by atoms with Crippen LogP contribution in [-0.2, 0) is 26.1 Å². The first kappa shape index (κ1) is 24.5. The molecule has 0 bridgehead atoms. The summed E-state index contributed by atoms with van der Waals surface area (Å²) in [5.74, 6) is -2.56. The number of hydrogen-bond acceptors (Lipinski definition) is 11. The summed E-state index contributed by atoms with van der Waals surface area (Å²) in [6.45, 7) is 0. The average molecular weight is 544 g/mol. The highest BCUT2D eigenvalue weighted by Crippen LogP contribution is 2.43. The van der Waals surface area contributed by atoms with Crippen LogP contribution in [0.15, 0.2) is 41.0 Å². The Hall–Kier alpha value is -2.60. The molecule has 1 saturated heterocycles. The molecule has 1 amide bonds. The van der Waals surface area contributed by atoms with E-state index in [9.17, 15) is 27.7 Å². The molecule has 1 fully saturated rings. The summed E-state index contributed by atoms with van der Waals surface area (Å²) in [5.41, 5.74) is 0.757. The van der Waals surface area contributed by atoms with E-state index in [4.69, 9.17) is 12.2 Å². The first-order valence-corrected chi connectivity index (χ1v) is 13.5. The zero-order valence-electron chi connectivity index (χ0n) is 17.1. The second kappa shape index (κ2) is 9.95. The summed E-state index contributed by atoms with van der Waals surface area (Å²) >= 11 is 7.48. The van der Waals surface area contributed by atoms with Crippen LogP contribution in [0, 0.1) is 0 Å². The van der Waals surface area contributed by atoms with E-state index in [1.54, 1.807) is 24.5 Å². The number of carbonyl (C=O) groups is 2. The molecule has 2 aromatic heterocycles. The van der Waals surface area contributed by atoms with E-state index in [2.05, 4.69) is 30.9 Å². The van der Waals surface area contributed by atoms with Crippen molar-refractivity contribution >= 4 is 62.7 Å². The van der Waals surface area contributed by atoms with Crippen LogP contribution in [0.1, 0.15) is 5.56 Å². The number of amides is 1. The van der Waals surface area contributed by atoms with Gasteiger partial charge in [-0.3, -0.25) is 19.2 Å². The molecular weight excluding hydrogens is 526 g/mol. The quantitative estimate of drug-likeness (QED) is 0.140. The maximum Gasteiger partial charge on any atom is 0.352 e. The number of hydrogen-bond donors (Lipinski definition) is 4. The molecule has 0 aliphatic carbocycles. The second-order valence-corrected chi connectivity index (χ2v) is 11.5. The van der Waals surface area contributed by atoms with Crippen LogP contribution in [0.2, 0.25) is 0 Å². The van der Waals surface area contributed by atoms with Gasteiger partial charge >= 0.3 is 5.97 Å². The normalized spacial score (nSPS) is 21.0. The maximum absolute atomic E-state index is 12.9. The van der Waals surface area contributed by atoms with Crippen LogP contribution in [0.4, 0.5) is 0 Å². The van der Waals surface area contributed by atoms with Crippen LogP contribution < -0.4 is 5.32 Å². The highest BCUT2D eigenvalue weighted by atomic mass is 32.2. The number of carboxylic acid groups (broad SMARTS) is 1. The van der Waals surface area contributed by atoms with Crippen molar-refractivity contribution in [1.82, 2.24) is 35.8 Å². The molecule has 0 radical (unpaired) electrons. The molecule has 34 heavy (non-hydrogen) atoms. The van der Waals surface area contributed by atoms with Gasteiger partial charge in [-0.25, -0.2) is 9.89 Å². The van der Waals surface area contributed by atoms with Gasteiger partial charge in [0, 0.05) is 24.6 Å². The standard InChI is InChI=1S/C17H17N7O6S4/c25-14-12(19-11(31)5-8-1-3-18-4-2-8)15-24(14)13(16(26)27)9(6-32-15)10(7-34(28,29)30)33-17-20-22-23-21-17/h1-4,10,12,15H,5-7H2,(H,19,31)(H,26,27)(H,28,29,30)(H,20,21,22,23)/t10?,12?,15-/m0/s1. The number of rotatable bonds is 9. The van der Waals surface area contributed by atoms with Gasteiger partial charge in [0.2, 0.25) is 5.16 Å². The van der Waals surface area contributed by atoms with Crippen molar-refractivity contribution in [1.29, 1.82) is 0 Å². The average Bonchev–Trinajstić information content (AvgIpc) is 3.28. The second-order valence-electron chi connectivity index (χ2n) is 7.23. The van der Waals surface area contributed by atoms with Gasteiger partial charge in [0.05, 0.1) is 16.0 Å². The number of carboxylic acids is 1. The fourth-order valence-corrected chi connectivity index (χ4v) is 7.51. The Kier molecular flexibility index (Phi) is 7.17. The van der Waals surface area contributed by atoms with E-state index >= 15 is 0 Å². The number of fused-ring (bicyclic) bond motifs is 1. The van der Waals surface area contributed by atoms with Crippen LogP contribution in [0.5, 0.6) is 0 Å². The first-order valence-electron chi connectivity index (χ1n) is 9.59. The zero-order chi connectivity index (χ0) is 24.5. The van der Waals surface area contributed by atoms with Crippen molar-refractivity contribution in [3.05, 3.63) is 41.4 Å². The number of thiocarbonyl (C=S) groups is 1. The number of aliphatic carboxylic acids is 1. The Morgan fingerprint density at radius 1 is 1.41 bits per heavy atom. The molecule has 4 rings (SSSR count). The van der Waals surface area contributed by atoms with E-state index in [1.165, 1.54) is 11.8 Å². The monoisotopic (exact) mass is 543 g/mol. The van der Waals surface area contributed by atoms with Gasteiger partial charge in [-0.05, 0) is 33.7 Å². The topological polar surface area (TPSA) is 191 Å². The Bertz CT molecular complexity index is 1240. The lowest BCUT2D eigenvalue weighted by Gasteiger charge is -2.50. The number of β-lactam (4-membered cyclic amide) rings is 1. The Morgan fingerprint density at radius 2 is 2.15 bits per heavy atom. The predicted molar refractivity (Wildman–Crippen MR) is 125 cm³/mol. The Morgan fingerprint density at radius 3 is 2.76 bits per heavy atom. The predicted octanol–water partition coefficient (Wildman–Crippen LogP) is -0.275. The largest absolute Gasteiger partial charge is 0.477 e. The van der Waals surface area contributed by atoms with Gasteiger partial charge < -0.3 is 10.4 Å². The van der Waals surface area contributed by atoms with Crippen molar-refractivity contribution in [2.75, 3.05) is 11.5 Å². The number of aromatic nitrogens is 5. The summed E-state index contributed by atoms with van der Waals surface area (Å²) in [6.07, 6.45) is 3.66. The van der Waals surface area contributed by atoms with Gasteiger partial charge in [0.15, 0.2) is 0 Å². The molecule has 0 aromatic carbocycles. The third-order valence-corrected chi connectivity index (χ3v) is 8.62. The molecule has 4 N–H and O–H groups in total. The molecule has 3 atom stereocenters. The van der Waals surface area contributed by atoms with Crippen LogP contribution in [-0.4, -0.2) is 93.6 Å². The molecule has 2 aliphatic rings. The van der Waals surface area contributed by atoms with Crippen molar-refractivity contribution < 1.29 is 27.7 Å². The van der Waals surface area contributed by atoms with Gasteiger partial charge in [0.25, 0.3) is 16.0 Å². The van der Waals surface area contributed by atoms with Crippen molar-refractivity contribution in [3.63, 3.8) is 0 Å². The molecule has 180 valence electrons. The zero-order valence-corrected chi connectivity index (χ0v) is 20.3. The fourth-order valence-electron chi connectivity index (χ4n) is 3.53. The summed E-state index contributed by atoms with van der Waals surface area (Å²) in [6, 6.07) is 2.88. The van der Waals surface area contributed by atoms with Crippen molar-refractivity contribution in [2.24, 2.45) is 0 Å². The summed E-state index contributed by atoms with van der Waals surface area (Å²) in [7, 11) is -4.48. The molecule has 17 heteroatoms. The molecule has 4 heterocycles. The SMILES string of the molecule is O=C(O)C1=C(C(CS(=O)(=O)O)Sc2nnn[nH]2)CS[C@H]2C(NC(=S)Cc3ccncc3)C(=O)N12. The van der Waals surface area contributed by atoms with Gasteiger partial charge in [0.1, 0.15) is 17.1 Å². The highest BCUT2D eigenvalue weighted by molar-refractivity contribution is 8.01. The minimum atomic E-state index is -4.48. The lowest BCUT2D eigenvalue weighted by Crippen LogP contribution is -2.70. The number of tetrazole rings is 1. The highest BCUT2D eigenvalue weighted by Gasteiger charge is 2.54. The molecule has 2 aliphatic heterocycles. The van der Waals surface area contributed by atoms with Gasteiger partial charge in [-0.1, -0.05) is 24.0 Å². The number of pyridine rings is 1. The number of nitrogens with zero attached hydrogens (tertiary/aromatic N) is 5. The van der Waals surface area contributed by atoms with Crippen molar-refractivity contribution in [2.45, 2.75) is 28.2 Å². The van der Waals surface area contributed by atoms with Gasteiger partial charge in [-0.2, -0.15) is 8.42 Å².